The first-order valence-corrected chi connectivity index (χ1v) is 8.07. The average Bonchev–Trinajstić information content (AvgIpc) is 2.45. The lowest BCUT2D eigenvalue weighted by atomic mass is 9.82. The van der Waals surface area contributed by atoms with Gasteiger partial charge in [-0.3, -0.25) is 0 Å². The van der Waals surface area contributed by atoms with Crippen LogP contribution in [0.3, 0.4) is 0 Å². The Balaban J connectivity index is 2.55. The van der Waals surface area contributed by atoms with Crippen molar-refractivity contribution in [3.63, 3.8) is 0 Å². The molecule has 4 aromatic rings. The van der Waals surface area contributed by atoms with Crippen LogP contribution in [-0.4, -0.2) is 0 Å². The molecule has 0 bridgehead atoms. The van der Waals surface area contributed by atoms with E-state index in [4.69, 9.17) is 0 Å². The first-order chi connectivity index (χ1) is 10.4. The van der Waals surface area contributed by atoms with E-state index in [1.165, 1.54) is 65.7 Å². The van der Waals surface area contributed by atoms with Crippen LogP contribution in [0.2, 0.25) is 0 Å². The maximum atomic E-state index is 2.36. The first-order valence-electron chi connectivity index (χ1n) is 8.07. The van der Waals surface area contributed by atoms with Gasteiger partial charge >= 0.3 is 0 Å². The van der Waals surface area contributed by atoms with Crippen LogP contribution < -0.4 is 0 Å². The van der Waals surface area contributed by atoms with E-state index in [1.807, 2.05) is 0 Å². The van der Waals surface area contributed by atoms with Crippen LogP contribution in [0.25, 0.3) is 32.3 Å². The van der Waals surface area contributed by atoms with Crippen LogP contribution in [0.15, 0.2) is 24.3 Å². The fourth-order valence-electron chi connectivity index (χ4n) is 4.51. The van der Waals surface area contributed by atoms with E-state index in [-0.39, 0.29) is 0 Å². The van der Waals surface area contributed by atoms with Crippen molar-refractivity contribution in [2.24, 2.45) is 0 Å². The summed E-state index contributed by atoms with van der Waals surface area (Å²) in [6, 6.07) is 9.28. The molecule has 0 saturated heterocycles. The maximum absolute atomic E-state index is 2.36. The van der Waals surface area contributed by atoms with Crippen LogP contribution in [0, 0.1) is 41.5 Å². The normalized spacial score (nSPS) is 12.1. The Labute approximate surface area is 132 Å². The molecular formula is C22H22. The summed E-state index contributed by atoms with van der Waals surface area (Å²) in [5.41, 5.74) is 8.46. The minimum atomic E-state index is 1.38. The van der Waals surface area contributed by atoms with E-state index < -0.39 is 0 Å². The zero-order valence-electron chi connectivity index (χ0n) is 14.3. The molecule has 0 fully saturated rings. The van der Waals surface area contributed by atoms with Crippen LogP contribution in [0.5, 0.6) is 0 Å². The van der Waals surface area contributed by atoms with Gasteiger partial charge in [0.25, 0.3) is 0 Å². The topological polar surface area (TPSA) is 0 Å². The Kier molecular flexibility index (Phi) is 2.61. The van der Waals surface area contributed by atoms with E-state index in [1.54, 1.807) is 0 Å². The number of aryl methyl sites for hydroxylation is 6. The molecule has 110 valence electrons. The Morgan fingerprint density at radius 1 is 0.455 bits per heavy atom. The predicted molar refractivity (Wildman–Crippen MR) is 98.6 cm³/mol. The Hall–Kier alpha value is -2.08. The molecule has 0 aromatic heterocycles. The number of benzene rings is 4. The second-order valence-corrected chi connectivity index (χ2v) is 6.93. The fourth-order valence-corrected chi connectivity index (χ4v) is 4.51. The van der Waals surface area contributed by atoms with Gasteiger partial charge in [0.1, 0.15) is 0 Å². The van der Waals surface area contributed by atoms with Gasteiger partial charge in [-0.25, -0.2) is 0 Å². The third kappa shape index (κ3) is 1.48. The monoisotopic (exact) mass is 286 g/mol. The molecule has 0 radical (unpaired) electrons. The molecule has 0 aliphatic carbocycles. The van der Waals surface area contributed by atoms with Crippen molar-refractivity contribution in [1.82, 2.24) is 0 Å². The van der Waals surface area contributed by atoms with Gasteiger partial charge in [0.05, 0.1) is 0 Å². The highest BCUT2D eigenvalue weighted by Crippen LogP contribution is 2.43. The van der Waals surface area contributed by atoms with Crippen LogP contribution in [0.1, 0.15) is 33.4 Å². The van der Waals surface area contributed by atoms with Crippen LogP contribution >= 0.6 is 0 Å². The molecule has 4 aromatic carbocycles. The number of rotatable bonds is 0. The number of hydrogen-bond donors (Lipinski definition) is 0. The lowest BCUT2D eigenvalue weighted by Gasteiger charge is -2.21. The van der Waals surface area contributed by atoms with Gasteiger partial charge < -0.3 is 0 Å². The first kappa shape index (κ1) is 13.6. The second kappa shape index (κ2) is 4.23. The Morgan fingerprint density at radius 3 is 1.68 bits per heavy atom. The summed E-state index contributed by atoms with van der Waals surface area (Å²) < 4.78 is 0. The zero-order chi connectivity index (χ0) is 15.8. The van der Waals surface area contributed by atoms with E-state index in [0.29, 0.717) is 0 Å². The van der Waals surface area contributed by atoms with Crippen LogP contribution in [0.4, 0.5) is 0 Å². The molecule has 0 atom stereocenters. The Bertz CT molecular complexity index is 1060. The van der Waals surface area contributed by atoms with Gasteiger partial charge in [0.2, 0.25) is 0 Å². The summed E-state index contributed by atoms with van der Waals surface area (Å²) in [6.45, 7) is 13.6. The molecule has 0 unspecified atom stereocenters. The lowest BCUT2D eigenvalue weighted by molar-refractivity contribution is 1.36. The highest BCUT2D eigenvalue weighted by molar-refractivity contribution is 6.27. The highest BCUT2D eigenvalue weighted by atomic mass is 14.2. The molecule has 0 heterocycles. The molecule has 22 heavy (non-hydrogen) atoms. The summed E-state index contributed by atoms with van der Waals surface area (Å²) >= 11 is 0. The van der Waals surface area contributed by atoms with Crippen molar-refractivity contribution in [2.45, 2.75) is 41.5 Å². The largest absolute Gasteiger partial charge is 0.0581 e. The van der Waals surface area contributed by atoms with Crippen molar-refractivity contribution in [3.8, 4) is 0 Å². The van der Waals surface area contributed by atoms with Crippen molar-refractivity contribution in [1.29, 1.82) is 0 Å². The maximum Gasteiger partial charge on any atom is -0.00158 e. The van der Waals surface area contributed by atoms with E-state index >= 15 is 0 Å². The van der Waals surface area contributed by atoms with Crippen molar-refractivity contribution in [2.75, 3.05) is 0 Å². The number of hydrogen-bond acceptors (Lipinski definition) is 0. The summed E-state index contributed by atoms with van der Waals surface area (Å²) in [7, 11) is 0. The lowest BCUT2D eigenvalue weighted by Crippen LogP contribution is -1.98. The minimum Gasteiger partial charge on any atom is -0.0581 e. The molecule has 4 rings (SSSR count). The zero-order valence-corrected chi connectivity index (χ0v) is 14.3. The summed E-state index contributed by atoms with van der Waals surface area (Å²) in [5.74, 6) is 0. The SMILES string of the molecule is Cc1ccc2cc(C)c3c(C)cc(C)c4c(C)c(C)c1c2c34. The standard InChI is InChI=1S/C22H22/c1-11-7-8-17-10-14(4)18-12(2)9-13(3)20-16(6)15(5)19(11)21(17)22(18)20/h7-10H,1-6H3. The van der Waals surface area contributed by atoms with Crippen LogP contribution in [-0.2, 0) is 0 Å². The van der Waals surface area contributed by atoms with Gasteiger partial charge in [-0.1, -0.05) is 24.3 Å². The van der Waals surface area contributed by atoms with E-state index in [0.717, 1.165) is 0 Å². The quantitative estimate of drug-likeness (QED) is 0.326. The summed E-state index contributed by atoms with van der Waals surface area (Å²) in [6.07, 6.45) is 0. The molecular weight excluding hydrogens is 264 g/mol. The van der Waals surface area contributed by atoms with E-state index in [9.17, 15) is 0 Å². The minimum absolute atomic E-state index is 1.38. The fraction of sp³-hybridized carbons (Fsp3) is 0.273. The highest BCUT2D eigenvalue weighted by Gasteiger charge is 2.18. The van der Waals surface area contributed by atoms with Crippen molar-refractivity contribution >= 4 is 32.3 Å². The molecule has 0 nitrogen and oxygen atoms in total. The summed E-state index contributed by atoms with van der Waals surface area (Å²) in [4.78, 5) is 0. The average molecular weight is 286 g/mol. The van der Waals surface area contributed by atoms with Gasteiger partial charge in [0.15, 0.2) is 0 Å². The van der Waals surface area contributed by atoms with Crippen molar-refractivity contribution in [3.05, 3.63) is 57.6 Å². The smallest absolute Gasteiger partial charge is 0.00158 e. The van der Waals surface area contributed by atoms with Gasteiger partial charge in [0, 0.05) is 0 Å². The predicted octanol–water partition coefficient (Wildman–Crippen LogP) is 6.43. The third-order valence-electron chi connectivity index (χ3n) is 5.50. The molecule has 0 amide bonds. The summed E-state index contributed by atoms with van der Waals surface area (Å²) in [5, 5.41) is 8.69. The van der Waals surface area contributed by atoms with Crippen molar-refractivity contribution < 1.29 is 0 Å². The molecule has 0 spiro atoms. The molecule has 0 saturated carbocycles. The third-order valence-corrected chi connectivity index (χ3v) is 5.50. The molecule has 0 aliphatic heterocycles. The molecule has 0 N–H and O–H groups in total. The van der Waals surface area contributed by atoms with E-state index in [2.05, 4.69) is 65.8 Å². The molecule has 0 aliphatic rings. The van der Waals surface area contributed by atoms with Gasteiger partial charge in [-0.15, -0.1) is 0 Å². The van der Waals surface area contributed by atoms with Gasteiger partial charge in [-0.2, -0.15) is 0 Å². The Morgan fingerprint density at radius 2 is 1.00 bits per heavy atom. The second-order valence-electron chi connectivity index (χ2n) is 6.93. The van der Waals surface area contributed by atoms with Gasteiger partial charge in [-0.05, 0) is 107 Å². The molecule has 0 heteroatoms.